The van der Waals surface area contributed by atoms with E-state index in [0.717, 1.165) is 10.0 Å². The van der Waals surface area contributed by atoms with Crippen LogP contribution in [0.3, 0.4) is 0 Å². The van der Waals surface area contributed by atoms with Crippen LogP contribution in [0.25, 0.3) is 0 Å². The Morgan fingerprint density at radius 1 is 1.47 bits per heavy atom. The lowest BCUT2D eigenvalue weighted by atomic mass is 10.0. The Morgan fingerprint density at radius 2 is 2.24 bits per heavy atom. The normalized spacial score (nSPS) is 12.7. The molecule has 0 bridgehead atoms. The number of nitrogens with zero attached hydrogens (tertiary/aromatic N) is 4. The number of aromatic nitrogens is 4. The molecule has 2 rings (SSSR count). The quantitative estimate of drug-likeness (QED) is 0.932. The molecule has 5 nitrogen and oxygen atoms in total. The molecule has 2 aromatic rings. The standard InChI is InChI=1S/C11H14BrN5/c1-7-4-3-5-8(11(7)12)9(13)6-10-14-16-17(2)15-10/h3-5,9H,6,13H2,1-2H3. The minimum absolute atomic E-state index is 0.131. The van der Waals surface area contributed by atoms with Gasteiger partial charge in [0.15, 0.2) is 5.82 Å². The van der Waals surface area contributed by atoms with Gasteiger partial charge in [-0.15, -0.1) is 10.2 Å². The Hall–Kier alpha value is -1.27. The highest BCUT2D eigenvalue weighted by atomic mass is 79.9. The van der Waals surface area contributed by atoms with Crippen molar-refractivity contribution < 1.29 is 0 Å². The summed E-state index contributed by atoms with van der Waals surface area (Å²) >= 11 is 3.56. The lowest BCUT2D eigenvalue weighted by Gasteiger charge is -2.13. The van der Waals surface area contributed by atoms with Crippen LogP contribution in [0.5, 0.6) is 0 Å². The van der Waals surface area contributed by atoms with Gasteiger partial charge in [-0.3, -0.25) is 0 Å². The maximum atomic E-state index is 6.16. The van der Waals surface area contributed by atoms with Crippen molar-refractivity contribution in [2.24, 2.45) is 12.8 Å². The van der Waals surface area contributed by atoms with Gasteiger partial charge in [-0.2, -0.15) is 4.80 Å². The van der Waals surface area contributed by atoms with Gasteiger partial charge in [0.25, 0.3) is 0 Å². The van der Waals surface area contributed by atoms with Crippen LogP contribution < -0.4 is 5.73 Å². The van der Waals surface area contributed by atoms with Gasteiger partial charge in [-0.25, -0.2) is 0 Å². The highest BCUT2D eigenvalue weighted by Crippen LogP contribution is 2.26. The Morgan fingerprint density at radius 3 is 2.88 bits per heavy atom. The van der Waals surface area contributed by atoms with Crippen molar-refractivity contribution in [3.8, 4) is 0 Å². The fraction of sp³-hybridized carbons (Fsp3) is 0.364. The predicted molar refractivity (Wildman–Crippen MR) is 68.3 cm³/mol. The maximum absolute atomic E-state index is 6.16. The van der Waals surface area contributed by atoms with Crippen LogP contribution in [-0.2, 0) is 13.5 Å². The number of benzene rings is 1. The van der Waals surface area contributed by atoms with Gasteiger partial charge in [0, 0.05) is 16.9 Å². The molecule has 2 N–H and O–H groups in total. The molecular weight excluding hydrogens is 282 g/mol. The third kappa shape index (κ3) is 2.70. The van der Waals surface area contributed by atoms with Crippen LogP contribution in [0.2, 0.25) is 0 Å². The first-order chi connectivity index (χ1) is 8.08. The molecule has 0 saturated heterocycles. The van der Waals surface area contributed by atoms with Gasteiger partial charge < -0.3 is 5.73 Å². The van der Waals surface area contributed by atoms with E-state index in [1.165, 1.54) is 10.4 Å². The lowest BCUT2D eigenvalue weighted by Crippen LogP contribution is -2.15. The summed E-state index contributed by atoms with van der Waals surface area (Å²) in [6.45, 7) is 2.04. The topological polar surface area (TPSA) is 69.6 Å². The third-order valence-corrected chi connectivity index (χ3v) is 3.66. The fourth-order valence-corrected chi connectivity index (χ4v) is 2.23. The van der Waals surface area contributed by atoms with Gasteiger partial charge in [-0.05, 0) is 23.3 Å². The molecular formula is C11H14BrN5. The van der Waals surface area contributed by atoms with E-state index in [1.54, 1.807) is 7.05 Å². The van der Waals surface area contributed by atoms with E-state index in [4.69, 9.17) is 5.73 Å². The predicted octanol–water partition coefficient (Wildman–Crippen LogP) is 1.52. The second-order valence-electron chi connectivity index (χ2n) is 3.98. The molecule has 1 heterocycles. The van der Waals surface area contributed by atoms with Crippen molar-refractivity contribution in [2.75, 3.05) is 0 Å². The van der Waals surface area contributed by atoms with Gasteiger partial charge in [0.1, 0.15) is 0 Å². The fourth-order valence-electron chi connectivity index (χ4n) is 1.67. The Bertz CT molecular complexity index is 522. The van der Waals surface area contributed by atoms with Crippen LogP contribution in [0, 0.1) is 6.92 Å². The maximum Gasteiger partial charge on any atom is 0.176 e. The molecule has 0 aliphatic rings. The van der Waals surface area contributed by atoms with Crippen molar-refractivity contribution in [2.45, 2.75) is 19.4 Å². The first kappa shape index (κ1) is 12.2. The summed E-state index contributed by atoms with van der Waals surface area (Å²) in [5, 5.41) is 11.9. The summed E-state index contributed by atoms with van der Waals surface area (Å²) in [4.78, 5) is 1.44. The Balaban J connectivity index is 2.20. The molecule has 0 amide bonds. The molecule has 1 unspecified atom stereocenters. The van der Waals surface area contributed by atoms with Crippen molar-refractivity contribution in [1.29, 1.82) is 0 Å². The van der Waals surface area contributed by atoms with Crippen molar-refractivity contribution in [3.05, 3.63) is 39.6 Å². The third-order valence-electron chi connectivity index (χ3n) is 2.57. The molecule has 0 radical (unpaired) electrons. The molecule has 0 spiro atoms. The average molecular weight is 296 g/mol. The zero-order valence-electron chi connectivity index (χ0n) is 9.76. The van der Waals surface area contributed by atoms with Crippen molar-refractivity contribution >= 4 is 15.9 Å². The second kappa shape index (κ2) is 4.93. The van der Waals surface area contributed by atoms with E-state index in [1.807, 2.05) is 25.1 Å². The molecule has 0 aliphatic carbocycles. The number of halogens is 1. The Labute approximate surface area is 108 Å². The summed E-state index contributed by atoms with van der Waals surface area (Å²) in [6.07, 6.45) is 0.579. The molecule has 0 fully saturated rings. The van der Waals surface area contributed by atoms with Gasteiger partial charge in [-0.1, -0.05) is 34.1 Å². The molecule has 90 valence electrons. The van der Waals surface area contributed by atoms with Crippen LogP contribution in [0.15, 0.2) is 22.7 Å². The van der Waals surface area contributed by atoms with Gasteiger partial charge >= 0.3 is 0 Å². The first-order valence-electron chi connectivity index (χ1n) is 5.31. The van der Waals surface area contributed by atoms with Gasteiger partial charge in [0.2, 0.25) is 0 Å². The average Bonchev–Trinajstić information content (AvgIpc) is 2.68. The number of hydrogen-bond acceptors (Lipinski definition) is 4. The number of hydrogen-bond donors (Lipinski definition) is 1. The number of tetrazole rings is 1. The second-order valence-corrected chi connectivity index (χ2v) is 4.78. The zero-order valence-corrected chi connectivity index (χ0v) is 11.3. The Kier molecular flexibility index (Phi) is 3.54. The van der Waals surface area contributed by atoms with Gasteiger partial charge in [0.05, 0.1) is 7.05 Å². The highest BCUT2D eigenvalue weighted by molar-refractivity contribution is 9.10. The highest BCUT2D eigenvalue weighted by Gasteiger charge is 2.14. The van der Waals surface area contributed by atoms with Crippen LogP contribution in [-0.4, -0.2) is 20.2 Å². The van der Waals surface area contributed by atoms with E-state index in [2.05, 4.69) is 31.3 Å². The zero-order chi connectivity index (χ0) is 12.4. The van der Waals surface area contributed by atoms with E-state index in [-0.39, 0.29) is 6.04 Å². The largest absolute Gasteiger partial charge is 0.324 e. The first-order valence-corrected chi connectivity index (χ1v) is 6.10. The smallest absolute Gasteiger partial charge is 0.176 e. The van der Waals surface area contributed by atoms with Crippen molar-refractivity contribution in [1.82, 2.24) is 20.2 Å². The molecule has 1 aromatic heterocycles. The minimum Gasteiger partial charge on any atom is -0.324 e. The van der Waals surface area contributed by atoms with Crippen molar-refractivity contribution in [3.63, 3.8) is 0 Å². The number of nitrogens with two attached hydrogens (primary N) is 1. The monoisotopic (exact) mass is 295 g/mol. The summed E-state index contributed by atoms with van der Waals surface area (Å²) < 4.78 is 1.05. The lowest BCUT2D eigenvalue weighted by molar-refractivity contribution is 0.622. The molecule has 0 saturated carbocycles. The van der Waals surface area contributed by atoms with E-state index < -0.39 is 0 Å². The minimum atomic E-state index is -0.131. The molecule has 1 aromatic carbocycles. The number of aryl methyl sites for hydroxylation is 2. The van der Waals surface area contributed by atoms with Crippen LogP contribution >= 0.6 is 15.9 Å². The van der Waals surface area contributed by atoms with Crippen LogP contribution in [0.4, 0.5) is 0 Å². The number of rotatable bonds is 3. The van der Waals surface area contributed by atoms with E-state index >= 15 is 0 Å². The summed E-state index contributed by atoms with van der Waals surface area (Å²) in [5.41, 5.74) is 8.40. The molecule has 6 heteroatoms. The summed E-state index contributed by atoms with van der Waals surface area (Å²) in [6, 6.07) is 5.92. The summed E-state index contributed by atoms with van der Waals surface area (Å²) in [7, 11) is 1.74. The van der Waals surface area contributed by atoms with E-state index in [0.29, 0.717) is 12.2 Å². The summed E-state index contributed by atoms with van der Waals surface area (Å²) in [5.74, 6) is 0.661. The molecule has 17 heavy (non-hydrogen) atoms. The van der Waals surface area contributed by atoms with Crippen LogP contribution in [0.1, 0.15) is 23.0 Å². The molecule has 1 atom stereocenters. The van der Waals surface area contributed by atoms with E-state index in [9.17, 15) is 0 Å². The SMILES string of the molecule is Cc1cccc(C(N)Cc2nnn(C)n2)c1Br. The molecule has 0 aliphatic heterocycles.